The van der Waals surface area contributed by atoms with Crippen LogP contribution in [0.4, 0.5) is 0 Å². The molecule has 1 aliphatic rings. The van der Waals surface area contributed by atoms with E-state index in [1.54, 1.807) is 25.1 Å². The highest BCUT2D eigenvalue weighted by Gasteiger charge is 2.28. The number of nitrogens with zero attached hydrogens (tertiary/aromatic N) is 2. The average molecular weight is 657 g/mol. The summed E-state index contributed by atoms with van der Waals surface area (Å²) in [5.41, 5.74) is 4.52. The van der Waals surface area contributed by atoms with E-state index in [-0.39, 0.29) is 24.3 Å². The van der Waals surface area contributed by atoms with Crippen LogP contribution in [0.1, 0.15) is 73.3 Å². The molecule has 2 unspecified atom stereocenters. The number of aliphatic hydroxyl groups excluding tert-OH is 2. The van der Waals surface area contributed by atoms with E-state index >= 15 is 0 Å². The molecule has 4 aromatic rings. The molecule has 0 bridgehead atoms. The number of hydrogen-bond acceptors (Lipinski definition) is 8. The molecular formula is C37H44N4O5S. The van der Waals surface area contributed by atoms with E-state index in [1.165, 1.54) is 11.3 Å². The lowest BCUT2D eigenvalue weighted by Crippen LogP contribution is -2.48. The Labute approximate surface area is 280 Å². The zero-order valence-electron chi connectivity index (χ0n) is 27.2. The minimum atomic E-state index is -0.896. The second-order valence-electron chi connectivity index (χ2n) is 12.4. The molecule has 1 fully saturated rings. The Balaban J connectivity index is 1.35. The van der Waals surface area contributed by atoms with Crippen LogP contribution in [0.5, 0.6) is 5.75 Å². The molecular weight excluding hydrogens is 612 g/mol. The van der Waals surface area contributed by atoms with Gasteiger partial charge in [0.15, 0.2) is 0 Å². The highest BCUT2D eigenvalue weighted by atomic mass is 32.1. The van der Waals surface area contributed by atoms with E-state index in [0.717, 1.165) is 39.6 Å². The van der Waals surface area contributed by atoms with Crippen molar-refractivity contribution in [2.24, 2.45) is 0 Å². The molecule has 47 heavy (non-hydrogen) atoms. The lowest BCUT2D eigenvalue weighted by Gasteiger charge is -2.25. The summed E-state index contributed by atoms with van der Waals surface area (Å²) in [5.74, 6) is 0.221. The third-order valence-corrected chi connectivity index (χ3v) is 9.57. The quantitative estimate of drug-likeness (QED) is 0.153. The summed E-state index contributed by atoms with van der Waals surface area (Å²) >= 11 is 1.51. The number of aryl methyl sites for hydroxylation is 1. The number of carbonyl (C=O) groups excluding carboxylic acids is 2. The first kappa shape index (κ1) is 34.3. The van der Waals surface area contributed by atoms with Crippen molar-refractivity contribution in [2.45, 2.75) is 69.9 Å². The lowest BCUT2D eigenvalue weighted by molar-refractivity contribution is 0.0784. The van der Waals surface area contributed by atoms with Crippen molar-refractivity contribution < 1.29 is 24.5 Å². The lowest BCUT2D eigenvalue weighted by atomic mass is 9.92. The number of hydrogen-bond donors (Lipinski definition) is 4. The molecule has 9 nitrogen and oxygen atoms in total. The van der Waals surface area contributed by atoms with E-state index in [1.807, 2.05) is 79.0 Å². The number of benzene rings is 3. The number of aromatic nitrogens is 1. The van der Waals surface area contributed by atoms with E-state index < -0.39 is 18.2 Å². The molecule has 1 aromatic heterocycles. The van der Waals surface area contributed by atoms with Crippen LogP contribution in [-0.4, -0.2) is 70.9 Å². The van der Waals surface area contributed by atoms with Gasteiger partial charge in [-0.05, 0) is 85.5 Å². The van der Waals surface area contributed by atoms with Gasteiger partial charge in [0.1, 0.15) is 10.8 Å². The zero-order valence-corrected chi connectivity index (χ0v) is 28.0. The van der Waals surface area contributed by atoms with E-state index in [2.05, 4.69) is 15.6 Å². The first-order valence-corrected chi connectivity index (χ1v) is 16.9. The van der Waals surface area contributed by atoms with Crippen LogP contribution in [0.25, 0.3) is 0 Å². The third kappa shape index (κ3) is 9.48. The van der Waals surface area contributed by atoms with Crippen molar-refractivity contribution in [1.82, 2.24) is 20.5 Å². The van der Waals surface area contributed by atoms with Crippen molar-refractivity contribution in [3.8, 4) is 5.75 Å². The molecule has 2 amide bonds. The molecule has 0 saturated heterocycles. The molecule has 0 radical (unpaired) electrons. The number of carbonyl (C=O) groups is 2. The topological polar surface area (TPSA) is 124 Å². The van der Waals surface area contributed by atoms with Crippen molar-refractivity contribution in [3.05, 3.63) is 117 Å². The average Bonchev–Trinajstić information content (AvgIpc) is 3.71. The second kappa shape index (κ2) is 16.1. The summed E-state index contributed by atoms with van der Waals surface area (Å²) in [6, 6.07) is 22.2. The van der Waals surface area contributed by atoms with Gasteiger partial charge in [0.05, 0.1) is 31.9 Å². The van der Waals surface area contributed by atoms with E-state index in [0.29, 0.717) is 43.5 Å². The number of ether oxygens (including phenoxy) is 1. The molecule has 1 heterocycles. The Morgan fingerprint density at radius 1 is 1.04 bits per heavy atom. The van der Waals surface area contributed by atoms with Crippen molar-refractivity contribution in [3.63, 3.8) is 0 Å². The van der Waals surface area contributed by atoms with E-state index in [9.17, 15) is 19.8 Å². The molecule has 248 valence electrons. The monoisotopic (exact) mass is 656 g/mol. The SMILES string of the molecule is COc1cccc(CNC[C@@H](O)[C@H](Cc2ccccc2)NC(=O)c2cc(C(=O)N(C)Cc3nc(C)cs3)cc(C3CCC(O)C3)c2)c1. The number of nitrogens with one attached hydrogen (secondary N) is 2. The van der Waals surface area contributed by atoms with Gasteiger partial charge in [-0.15, -0.1) is 11.3 Å². The summed E-state index contributed by atoms with van der Waals surface area (Å²) in [6.45, 7) is 3.05. The van der Waals surface area contributed by atoms with Gasteiger partial charge in [-0.25, -0.2) is 4.98 Å². The van der Waals surface area contributed by atoms with Gasteiger partial charge in [-0.3, -0.25) is 9.59 Å². The van der Waals surface area contributed by atoms with Crippen LogP contribution in [0, 0.1) is 6.92 Å². The van der Waals surface area contributed by atoms with Crippen LogP contribution in [0.2, 0.25) is 0 Å². The maximum atomic E-state index is 13.9. The summed E-state index contributed by atoms with van der Waals surface area (Å²) in [5, 5.41) is 30.8. The number of thiazole rings is 1. The van der Waals surface area contributed by atoms with Gasteiger partial charge in [0, 0.05) is 42.3 Å². The summed E-state index contributed by atoms with van der Waals surface area (Å²) < 4.78 is 5.32. The predicted molar refractivity (Wildman–Crippen MR) is 184 cm³/mol. The number of methoxy groups -OCH3 is 1. The highest BCUT2D eigenvalue weighted by Crippen LogP contribution is 2.35. The molecule has 1 saturated carbocycles. The number of rotatable bonds is 14. The Morgan fingerprint density at radius 3 is 2.51 bits per heavy atom. The first-order chi connectivity index (χ1) is 22.7. The summed E-state index contributed by atoms with van der Waals surface area (Å²) in [6.07, 6.45) is 1.17. The fourth-order valence-corrected chi connectivity index (χ4v) is 6.89. The zero-order chi connectivity index (χ0) is 33.3. The Hall–Kier alpha value is -4.09. The fraction of sp³-hybridized carbons (Fsp3) is 0.378. The maximum absolute atomic E-state index is 13.9. The molecule has 0 spiro atoms. The second-order valence-corrected chi connectivity index (χ2v) is 13.3. The van der Waals surface area contributed by atoms with Crippen LogP contribution in [0.3, 0.4) is 0 Å². The van der Waals surface area contributed by atoms with Crippen molar-refractivity contribution in [2.75, 3.05) is 20.7 Å². The largest absolute Gasteiger partial charge is 0.497 e. The molecule has 4 atom stereocenters. The van der Waals surface area contributed by atoms with Crippen LogP contribution in [0.15, 0.2) is 78.2 Å². The normalized spacial score (nSPS) is 17.2. The van der Waals surface area contributed by atoms with Gasteiger partial charge in [-0.2, -0.15) is 0 Å². The van der Waals surface area contributed by atoms with Gasteiger partial charge < -0.3 is 30.5 Å². The Kier molecular flexibility index (Phi) is 11.8. The predicted octanol–water partition coefficient (Wildman–Crippen LogP) is 4.85. The van der Waals surface area contributed by atoms with Crippen LogP contribution < -0.4 is 15.4 Å². The van der Waals surface area contributed by atoms with Crippen LogP contribution >= 0.6 is 11.3 Å². The molecule has 1 aliphatic carbocycles. The third-order valence-electron chi connectivity index (χ3n) is 8.62. The molecule has 10 heteroatoms. The minimum Gasteiger partial charge on any atom is -0.497 e. The van der Waals surface area contributed by atoms with Gasteiger partial charge in [0.2, 0.25) is 0 Å². The number of amides is 2. The van der Waals surface area contributed by atoms with Crippen molar-refractivity contribution in [1.29, 1.82) is 0 Å². The Morgan fingerprint density at radius 2 is 1.81 bits per heavy atom. The van der Waals surface area contributed by atoms with Crippen molar-refractivity contribution >= 4 is 23.2 Å². The highest BCUT2D eigenvalue weighted by molar-refractivity contribution is 7.09. The van der Waals surface area contributed by atoms with Gasteiger partial charge in [-0.1, -0.05) is 42.5 Å². The summed E-state index contributed by atoms with van der Waals surface area (Å²) in [4.78, 5) is 33.7. The molecule has 5 rings (SSSR count). The molecule has 3 aromatic carbocycles. The maximum Gasteiger partial charge on any atom is 0.254 e. The number of aliphatic hydroxyl groups is 2. The fourth-order valence-electron chi connectivity index (χ4n) is 6.06. The molecule has 0 aliphatic heterocycles. The minimum absolute atomic E-state index is 0.0442. The standard InChI is InChI=1S/C37H44N4O5S/c1-24-23-47-35(39-24)22-41(2)37(45)30-17-28(27-12-13-31(42)19-27)16-29(18-30)36(44)40-33(15-25-8-5-4-6-9-25)34(43)21-38-20-26-10-7-11-32(14-26)46-3/h4-11,14,16-18,23,27,31,33-34,38,42-43H,12-13,15,19-22H2,1-3H3,(H,40,44)/t27?,31?,33-,34+/m0/s1. The van der Waals surface area contributed by atoms with Gasteiger partial charge in [0.25, 0.3) is 11.8 Å². The first-order valence-electron chi connectivity index (χ1n) is 16.0. The van der Waals surface area contributed by atoms with Crippen LogP contribution in [-0.2, 0) is 19.5 Å². The van der Waals surface area contributed by atoms with Gasteiger partial charge >= 0.3 is 0 Å². The van der Waals surface area contributed by atoms with E-state index in [4.69, 9.17) is 4.74 Å². The Bertz CT molecular complexity index is 1640. The summed E-state index contributed by atoms with van der Waals surface area (Å²) in [7, 11) is 3.36. The molecule has 4 N–H and O–H groups in total. The smallest absolute Gasteiger partial charge is 0.254 e.